The summed E-state index contributed by atoms with van der Waals surface area (Å²) in [6.07, 6.45) is 0. The molecule has 0 unspecified atom stereocenters. The molecule has 5 nitrogen and oxygen atoms in total. The Bertz CT molecular complexity index is 901. The van der Waals surface area contributed by atoms with Gasteiger partial charge in [0.25, 0.3) is 0 Å². The summed E-state index contributed by atoms with van der Waals surface area (Å²) in [5.41, 5.74) is 19.2. The number of aromatic nitrogens is 1. The predicted octanol–water partition coefficient (Wildman–Crippen LogP) is 3.67. The van der Waals surface area contributed by atoms with E-state index in [0.29, 0.717) is 11.4 Å². The summed E-state index contributed by atoms with van der Waals surface area (Å²) >= 11 is 0. The highest BCUT2D eigenvalue weighted by Gasteiger charge is 2.13. The lowest BCUT2D eigenvalue weighted by Crippen LogP contribution is -2.05. The molecule has 4 N–H and O–H groups in total. The van der Waals surface area contributed by atoms with Gasteiger partial charge in [0.1, 0.15) is 0 Å². The summed E-state index contributed by atoms with van der Waals surface area (Å²) in [5, 5.41) is 3.60. The number of amides is 1. The molecule has 1 radical (unpaired) electrons. The normalized spacial score (nSPS) is 10.7. The number of rotatable bonds is 2. The van der Waals surface area contributed by atoms with Crippen LogP contribution in [0.2, 0.25) is 0 Å². The lowest BCUT2D eigenvalue weighted by Gasteiger charge is -2.13. The van der Waals surface area contributed by atoms with E-state index in [-0.39, 0.29) is 5.91 Å². The number of nitrogens with two attached hydrogens (primary N) is 1. The Kier molecular flexibility index (Phi) is 3.62. The van der Waals surface area contributed by atoms with Gasteiger partial charge in [-0.05, 0) is 42.8 Å². The van der Waals surface area contributed by atoms with Crippen molar-refractivity contribution >= 4 is 33.9 Å². The van der Waals surface area contributed by atoms with Gasteiger partial charge in [0, 0.05) is 23.6 Å². The molecule has 1 amide bonds. The van der Waals surface area contributed by atoms with Crippen LogP contribution in [0, 0.1) is 6.92 Å². The van der Waals surface area contributed by atoms with Crippen LogP contribution in [-0.4, -0.2) is 10.9 Å². The second-order valence-corrected chi connectivity index (χ2v) is 5.48. The first kappa shape index (κ1) is 14.8. The zero-order valence-corrected chi connectivity index (χ0v) is 13.0. The number of hydrogen-bond donors (Lipinski definition) is 2. The van der Waals surface area contributed by atoms with Crippen LogP contribution in [0.5, 0.6) is 0 Å². The molecule has 0 atom stereocenters. The van der Waals surface area contributed by atoms with E-state index in [1.165, 1.54) is 6.92 Å². The first-order chi connectivity index (χ1) is 11.0. The maximum absolute atomic E-state index is 11.1. The quantitative estimate of drug-likeness (QED) is 0.756. The molecule has 0 bridgehead atoms. The zero-order chi connectivity index (χ0) is 16.6. The van der Waals surface area contributed by atoms with Gasteiger partial charge >= 0.3 is 0 Å². The van der Waals surface area contributed by atoms with Crippen LogP contribution in [0.25, 0.3) is 22.0 Å². The Labute approximate surface area is 134 Å². The molecule has 0 spiro atoms. The lowest BCUT2D eigenvalue weighted by molar-refractivity contribution is -0.114. The molecule has 0 saturated carbocycles. The molecule has 2 aromatic carbocycles. The Morgan fingerprint density at radius 1 is 1.17 bits per heavy atom. The van der Waals surface area contributed by atoms with Gasteiger partial charge in [-0.25, -0.2) is 0 Å². The Morgan fingerprint density at radius 3 is 2.52 bits per heavy atom. The highest BCUT2D eigenvalue weighted by atomic mass is 16.1. The molecule has 0 fully saturated rings. The van der Waals surface area contributed by atoms with Crippen LogP contribution < -0.4 is 16.8 Å². The van der Waals surface area contributed by atoms with E-state index in [0.717, 1.165) is 33.4 Å². The minimum Gasteiger partial charge on any atom is -0.397 e. The van der Waals surface area contributed by atoms with Crippen molar-refractivity contribution in [2.75, 3.05) is 11.1 Å². The van der Waals surface area contributed by atoms with Crippen LogP contribution in [-0.2, 0) is 4.79 Å². The number of aryl methyl sites for hydroxylation is 1. The van der Waals surface area contributed by atoms with Crippen LogP contribution in [0.1, 0.15) is 12.6 Å². The molecule has 0 aliphatic heterocycles. The SMILES string of the molecule is CC(=O)Nc1ccc(-c2c(N)c(C)nc3ccc([NH])cc23)cc1. The molecule has 115 valence electrons. The molecule has 1 aromatic heterocycles. The number of hydrogen-bond acceptors (Lipinski definition) is 3. The number of nitrogen functional groups attached to an aromatic ring is 1. The number of nitrogens with zero attached hydrogens (tertiary/aromatic N) is 1. The average molecular weight is 305 g/mol. The van der Waals surface area contributed by atoms with Gasteiger partial charge in [0.2, 0.25) is 5.91 Å². The fourth-order valence-corrected chi connectivity index (χ4v) is 2.64. The van der Waals surface area contributed by atoms with E-state index in [1.54, 1.807) is 12.1 Å². The number of pyridine rings is 1. The molecular weight excluding hydrogens is 288 g/mol. The molecule has 3 aromatic rings. The summed E-state index contributed by atoms with van der Waals surface area (Å²) in [5.74, 6) is -0.110. The smallest absolute Gasteiger partial charge is 0.221 e. The van der Waals surface area contributed by atoms with Gasteiger partial charge < -0.3 is 16.8 Å². The van der Waals surface area contributed by atoms with E-state index >= 15 is 0 Å². The molecule has 0 saturated heterocycles. The minimum atomic E-state index is -0.110. The third kappa shape index (κ3) is 2.81. The Balaban J connectivity index is 2.20. The van der Waals surface area contributed by atoms with Gasteiger partial charge in [0.05, 0.1) is 22.6 Å². The topological polar surface area (TPSA) is 91.8 Å². The second-order valence-electron chi connectivity index (χ2n) is 5.48. The van der Waals surface area contributed by atoms with E-state index in [1.807, 2.05) is 37.3 Å². The molecule has 0 aliphatic rings. The molecule has 3 rings (SSSR count). The highest BCUT2D eigenvalue weighted by molar-refractivity contribution is 6.02. The maximum atomic E-state index is 11.1. The standard InChI is InChI=1S/C18H17N4O/c1-10-18(20)17(15-9-13(19)5-8-16(15)21-10)12-3-6-14(7-4-12)22-11(2)23/h3-9,19H,20H2,1-2H3,(H,22,23). The number of benzene rings is 2. The number of carbonyl (C=O) groups excluding carboxylic acids is 1. The van der Waals surface area contributed by atoms with Crippen LogP contribution in [0.4, 0.5) is 17.1 Å². The van der Waals surface area contributed by atoms with Crippen LogP contribution in [0.3, 0.4) is 0 Å². The Hall–Kier alpha value is -3.08. The zero-order valence-electron chi connectivity index (χ0n) is 13.0. The third-order valence-corrected chi connectivity index (χ3v) is 3.71. The number of carbonyl (C=O) groups is 1. The summed E-state index contributed by atoms with van der Waals surface area (Å²) in [6.45, 7) is 3.35. The Morgan fingerprint density at radius 2 is 1.87 bits per heavy atom. The largest absolute Gasteiger partial charge is 0.397 e. The minimum absolute atomic E-state index is 0.110. The first-order valence-corrected chi connectivity index (χ1v) is 7.25. The summed E-state index contributed by atoms with van der Waals surface area (Å²) in [4.78, 5) is 15.6. The second kappa shape index (κ2) is 5.61. The maximum Gasteiger partial charge on any atom is 0.221 e. The van der Waals surface area contributed by atoms with Crippen molar-refractivity contribution in [3.63, 3.8) is 0 Å². The molecule has 5 heteroatoms. The highest BCUT2D eigenvalue weighted by Crippen LogP contribution is 2.36. The van der Waals surface area contributed by atoms with Crippen molar-refractivity contribution in [1.82, 2.24) is 10.7 Å². The predicted molar refractivity (Wildman–Crippen MR) is 93.4 cm³/mol. The van der Waals surface area contributed by atoms with Crippen LogP contribution >= 0.6 is 0 Å². The van der Waals surface area contributed by atoms with Crippen LogP contribution in [0.15, 0.2) is 42.5 Å². The van der Waals surface area contributed by atoms with Gasteiger partial charge in [0.15, 0.2) is 0 Å². The fourth-order valence-electron chi connectivity index (χ4n) is 2.64. The molecular formula is C18H17N4O. The van der Waals surface area contributed by atoms with Gasteiger partial charge in [-0.15, -0.1) is 0 Å². The van der Waals surface area contributed by atoms with Gasteiger partial charge in [-0.1, -0.05) is 12.1 Å². The number of fused-ring (bicyclic) bond motifs is 1. The van der Waals surface area contributed by atoms with E-state index in [9.17, 15) is 4.79 Å². The third-order valence-electron chi connectivity index (χ3n) is 3.71. The van der Waals surface area contributed by atoms with E-state index < -0.39 is 0 Å². The molecule has 23 heavy (non-hydrogen) atoms. The number of nitrogens with one attached hydrogen (secondary N) is 2. The number of anilines is 2. The molecule has 0 aliphatic carbocycles. The average Bonchev–Trinajstić information content (AvgIpc) is 2.50. The summed E-state index contributed by atoms with van der Waals surface area (Å²) < 4.78 is 0. The van der Waals surface area contributed by atoms with Gasteiger partial charge in [-0.3, -0.25) is 9.78 Å². The monoisotopic (exact) mass is 305 g/mol. The van der Waals surface area contributed by atoms with E-state index in [4.69, 9.17) is 11.5 Å². The van der Waals surface area contributed by atoms with Crippen molar-refractivity contribution in [2.24, 2.45) is 0 Å². The fraction of sp³-hybridized carbons (Fsp3) is 0.111. The van der Waals surface area contributed by atoms with Crippen molar-refractivity contribution in [3.8, 4) is 11.1 Å². The molecule has 1 heterocycles. The first-order valence-electron chi connectivity index (χ1n) is 7.25. The van der Waals surface area contributed by atoms with Crippen molar-refractivity contribution < 1.29 is 4.79 Å². The lowest BCUT2D eigenvalue weighted by atomic mass is 9.97. The summed E-state index contributed by atoms with van der Waals surface area (Å²) in [7, 11) is 0. The van der Waals surface area contributed by atoms with Gasteiger partial charge in [-0.2, -0.15) is 0 Å². The van der Waals surface area contributed by atoms with Crippen molar-refractivity contribution in [3.05, 3.63) is 48.2 Å². The summed E-state index contributed by atoms with van der Waals surface area (Å²) in [6, 6.07) is 12.8. The van der Waals surface area contributed by atoms with Crippen molar-refractivity contribution in [1.29, 1.82) is 0 Å². The van der Waals surface area contributed by atoms with Crippen molar-refractivity contribution in [2.45, 2.75) is 13.8 Å². The van der Waals surface area contributed by atoms with E-state index in [2.05, 4.69) is 10.3 Å².